The van der Waals surface area contributed by atoms with Gasteiger partial charge in [0, 0.05) is 11.8 Å². The summed E-state index contributed by atoms with van der Waals surface area (Å²) in [6, 6.07) is 11.0. The van der Waals surface area contributed by atoms with Crippen LogP contribution in [-0.4, -0.2) is 22.3 Å². The molecule has 5 nitrogen and oxygen atoms in total. The molecular weight excluding hydrogens is 242 g/mol. The fourth-order valence-electron chi connectivity index (χ4n) is 1.98. The molecule has 0 fully saturated rings. The Kier molecular flexibility index (Phi) is 2.72. The molecule has 2 aliphatic heterocycles. The van der Waals surface area contributed by atoms with Crippen LogP contribution < -0.4 is 10.3 Å². The molecule has 0 atom stereocenters. The van der Waals surface area contributed by atoms with E-state index in [2.05, 4.69) is 15.2 Å². The average Bonchev–Trinajstić information content (AvgIpc) is 2.48. The third-order valence-corrected chi connectivity index (χ3v) is 2.91. The Labute approximate surface area is 109 Å². The molecule has 1 aromatic rings. The molecule has 0 radical (unpaired) electrons. The van der Waals surface area contributed by atoms with E-state index in [1.807, 2.05) is 24.3 Å². The van der Waals surface area contributed by atoms with Gasteiger partial charge in [-0.3, -0.25) is 4.79 Å². The summed E-state index contributed by atoms with van der Waals surface area (Å²) in [6.07, 6.45) is 1.76. The number of ether oxygens (including phenoxy) is 1. The fraction of sp³-hybridized carbons (Fsp3) is 0.0714. The number of hydrogen-bond acceptors (Lipinski definition) is 4. The Morgan fingerprint density at radius 3 is 2.89 bits per heavy atom. The number of rotatable bonds is 2. The van der Waals surface area contributed by atoms with Crippen molar-refractivity contribution in [2.75, 3.05) is 7.11 Å². The highest BCUT2D eigenvalue weighted by molar-refractivity contribution is 5.78. The maximum absolute atomic E-state index is 11.7. The monoisotopic (exact) mass is 253 g/mol. The zero-order valence-electron chi connectivity index (χ0n) is 10.3. The van der Waals surface area contributed by atoms with E-state index in [1.54, 1.807) is 25.4 Å². The number of aromatic nitrogens is 3. The van der Waals surface area contributed by atoms with Crippen LogP contribution in [0.25, 0.3) is 22.5 Å². The van der Waals surface area contributed by atoms with E-state index in [0.29, 0.717) is 17.0 Å². The zero-order chi connectivity index (χ0) is 13.2. The lowest BCUT2D eigenvalue weighted by Gasteiger charge is -2.09. The van der Waals surface area contributed by atoms with Gasteiger partial charge in [0.25, 0.3) is 5.56 Å². The van der Waals surface area contributed by atoms with Crippen molar-refractivity contribution < 1.29 is 4.74 Å². The molecule has 0 saturated carbocycles. The van der Waals surface area contributed by atoms with Crippen molar-refractivity contribution >= 4 is 0 Å². The van der Waals surface area contributed by atoms with Crippen molar-refractivity contribution in [2.45, 2.75) is 0 Å². The van der Waals surface area contributed by atoms with Gasteiger partial charge in [-0.25, -0.2) is 0 Å². The van der Waals surface area contributed by atoms with Crippen molar-refractivity contribution in [3.8, 4) is 28.3 Å². The van der Waals surface area contributed by atoms with Gasteiger partial charge in [0.05, 0.1) is 18.4 Å². The molecule has 5 heteroatoms. The fourth-order valence-corrected chi connectivity index (χ4v) is 1.98. The molecule has 2 aliphatic rings. The number of nitrogens with zero attached hydrogens (tertiary/aromatic N) is 2. The Morgan fingerprint density at radius 1 is 1.16 bits per heavy atom. The summed E-state index contributed by atoms with van der Waals surface area (Å²) in [5.74, 6) is 0.731. The largest absolute Gasteiger partial charge is 0.497 e. The molecule has 0 amide bonds. The Balaban J connectivity index is 2.26. The second-order valence-corrected chi connectivity index (χ2v) is 4.04. The van der Waals surface area contributed by atoms with Crippen LogP contribution >= 0.6 is 0 Å². The second kappa shape index (κ2) is 4.53. The highest BCUT2D eigenvalue weighted by Crippen LogP contribution is 2.28. The van der Waals surface area contributed by atoms with Crippen molar-refractivity contribution in [3.63, 3.8) is 0 Å². The molecule has 0 aromatic heterocycles. The molecule has 19 heavy (non-hydrogen) atoms. The lowest BCUT2D eigenvalue weighted by atomic mass is 10.0. The maximum atomic E-state index is 11.7. The summed E-state index contributed by atoms with van der Waals surface area (Å²) in [4.78, 5) is 14.7. The number of H-pyrrole nitrogens is 1. The van der Waals surface area contributed by atoms with Crippen LogP contribution in [-0.2, 0) is 0 Å². The SMILES string of the molecule is COc1cccc(-c2nnc(=O)c3ccc[nH]c2-3)c1. The number of benzene rings is 1. The highest BCUT2D eigenvalue weighted by atomic mass is 16.5. The first-order valence-electron chi connectivity index (χ1n) is 5.78. The van der Waals surface area contributed by atoms with E-state index >= 15 is 0 Å². The van der Waals surface area contributed by atoms with Gasteiger partial charge in [-0.2, -0.15) is 0 Å². The van der Waals surface area contributed by atoms with Gasteiger partial charge in [0.1, 0.15) is 11.4 Å². The van der Waals surface area contributed by atoms with E-state index in [-0.39, 0.29) is 5.56 Å². The molecule has 2 heterocycles. The van der Waals surface area contributed by atoms with Gasteiger partial charge in [0.15, 0.2) is 0 Å². The molecule has 0 aliphatic carbocycles. The van der Waals surface area contributed by atoms with E-state index in [1.165, 1.54) is 0 Å². The minimum absolute atomic E-state index is 0.335. The maximum Gasteiger partial charge on any atom is 0.297 e. The van der Waals surface area contributed by atoms with Crippen molar-refractivity contribution in [2.24, 2.45) is 0 Å². The van der Waals surface area contributed by atoms with Gasteiger partial charge < -0.3 is 9.72 Å². The summed E-state index contributed by atoms with van der Waals surface area (Å²) in [7, 11) is 1.61. The van der Waals surface area contributed by atoms with Crippen LogP contribution in [0.3, 0.4) is 0 Å². The van der Waals surface area contributed by atoms with Gasteiger partial charge >= 0.3 is 0 Å². The number of pyridine rings is 1. The first-order chi connectivity index (χ1) is 9.29. The molecule has 1 aromatic carbocycles. The van der Waals surface area contributed by atoms with E-state index in [9.17, 15) is 4.79 Å². The van der Waals surface area contributed by atoms with Crippen molar-refractivity contribution in [3.05, 3.63) is 52.9 Å². The van der Waals surface area contributed by atoms with Gasteiger partial charge in [-0.15, -0.1) is 10.2 Å². The first kappa shape index (κ1) is 11.4. The summed E-state index contributed by atoms with van der Waals surface area (Å²) in [6.45, 7) is 0. The minimum Gasteiger partial charge on any atom is -0.497 e. The molecular formula is C14H11N3O2. The third kappa shape index (κ3) is 1.95. The molecule has 1 N–H and O–H groups in total. The number of fused-ring (bicyclic) bond motifs is 1. The van der Waals surface area contributed by atoms with Crippen LogP contribution in [0.15, 0.2) is 47.4 Å². The van der Waals surface area contributed by atoms with Crippen LogP contribution in [0.4, 0.5) is 0 Å². The number of methoxy groups -OCH3 is 1. The first-order valence-corrected chi connectivity index (χ1v) is 5.78. The lowest BCUT2D eigenvalue weighted by molar-refractivity contribution is 0.415. The predicted octanol–water partition coefficient (Wildman–Crippen LogP) is 1.95. The van der Waals surface area contributed by atoms with Gasteiger partial charge in [-0.1, -0.05) is 12.1 Å². The summed E-state index contributed by atoms with van der Waals surface area (Å²) in [5, 5.41) is 7.68. The predicted molar refractivity (Wildman–Crippen MR) is 71.3 cm³/mol. The topological polar surface area (TPSA) is 67.9 Å². The van der Waals surface area contributed by atoms with Crippen molar-refractivity contribution in [1.29, 1.82) is 0 Å². The smallest absolute Gasteiger partial charge is 0.297 e. The van der Waals surface area contributed by atoms with Crippen LogP contribution in [0, 0.1) is 0 Å². The lowest BCUT2D eigenvalue weighted by Crippen LogP contribution is -2.14. The Hall–Kier alpha value is -2.69. The molecule has 0 spiro atoms. The quantitative estimate of drug-likeness (QED) is 0.758. The van der Waals surface area contributed by atoms with E-state index in [0.717, 1.165) is 11.3 Å². The van der Waals surface area contributed by atoms with Gasteiger partial charge in [0.2, 0.25) is 0 Å². The summed E-state index contributed by atoms with van der Waals surface area (Å²) in [5.41, 5.74) is 2.35. The zero-order valence-corrected chi connectivity index (χ0v) is 10.3. The van der Waals surface area contributed by atoms with Crippen LogP contribution in [0.1, 0.15) is 0 Å². The normalized spacial score (nSPS) is 10.6. The number of aromatic amines is 1. The third-order valence-electron chi connectivity index (χ3n) is 2.91. The van der Waals surface area contributed by atoms with E-state index in [4.69, 9.17) is 4.74 Å². The highest BCUT2D eigenvalue weighted by Gasteiger charge is 2.15. The molecule has 94 valence electrons. The Bertz CT molecular complexity index is 752. The Morgan fingerprint density at radius 2 is 2.05 bits per heavy atom. The average molecular weight is 253 g/mol. The second-order valence-electron chi connectivity index (χ2n) is 4.04. The molecule has 3 rings (SSSR count). The van der Waals surface area contributed by atoms with Crippen LogP contribution in [0.5, 0.6) is 5.75 Å². The minimum atomic E-state index is -0.335. The summed E-state index contributed by atoms with van der Waals surface area (Å²) < 4.78 is 5.19. The van der Waals surface area contributed by atoms with Gasteiger partial charge in [-0.05, 0) is 24.3 Å². The van der Waals surface area contributed by atoms with E-state index < -0.39 is 0 Å². The number of hydrogen-bond donors (Lipinski definition) is 1. The summed E-state index contributed by atoms with van der Waals surface area (Å²) >= 11 is 0. The standard InChI is InChI=1S/C14H11N3O2/c1-19-10-5-2-4-9(8-10)12-13-11(6-3-7-15-13)14(18)17-16-12/h2-8,15H,1H3. The molecule has 0 unspecified atom stereocenters. The molecule has 0 saturated heterocycles. The van der Waals surface area contributed by atoms with Crippen molar-refractivity contribution in [1.82, 2.24) is 15.2 Å². The number of nitrogens with one attached hydrogen (secondary N) is 1. The van der Waals surface area contributed by atoms with Crippen LogP contribution in [0.2, 0.25) is 0 Å². The molecule has 0 bridgehead atoms.